The maximum absolute atomic E-state index is 14.6. The summed E-state index contributed by atoms with van der Waals surface area (Å²) in [6.45, 7) is 5.03. The van der Waals surface area contributed by atoms with Gasteiger partial charge in [-0.25, -0.2) is 9.18 Å². The Labute approximate surface area is 203 Å². The summed E-state index contributed by atoms with van der Waals surface area (Å²) in [7, 11) is 2.05. The molecule has 2 aliphatic rings. The Bertz CT molecular complexity index is 1360. The fourth-order valence-electron chi connectivity index (χ4n) is 4.70. The first kappa shape index (κ1) is 24.0. The Hall–Kier alpha value is -3.67. The molecule has 5 rings (SSSR count). The molecule has 1 fully saturated rings. The van der Waals surface area contributed by atoms with Crippen LogP contribution in [0.3, 0.4) is 0 Å². The standard InChI is InChI=1S/C24H23F4N5O3/c1-23-13-31(2)7-8-33(23)21-11-20(30-22(34)32(21)14-23)35-12-15-3-4-18(17(25)9-15)36-16-5-6-29-19(10-16)24(26,27)28/h3-6,9-11H,7-8,12-14H2,1-2H3/t23-/m0/s1. The van der Waals surface area contributed by atoms with Gasteiger partial charge in [0.05, 0.1) is 12.1 Å². The average Bonchev–Trinajstić information content (AvgIpc) is 3.10. The number of rotatable bonds is 5. The van der Waals surface area contributed by atoms with E-state index in [1.54, 1.807) is 10.6 Å². The molecule has 2 aromatic heterocycles. The van der Waals surface area contributed by atoms with E-state index >= 15 is 0 Å². The second kappa shape index (κ2) is 8.77. The van der Waals surface area contributed by atoms with Crippen molar-refractivity contribution < 1.29 is 27.0 Å². The number of nitrogens with zero attached hydrogens (tertiary/aromatic N) is 5. The summed E-state index contributed by atoms with van der Waals surface area (Å²) in [5, 5.41) is 0. The normalized spacial score (nSPS) is 19.7. The van der Waals surface area contributed by atoms with E-state index in [1.807, 2.05) is 7.05 Å². The maximum atomic E-state index is 14.6. The maximum Gasteiger partial charge on any atom is 0.433 e. The molecule has 190 valence electrons. The van der Waals surface area contributed by atoms with Gasteiger partial charge in [0.1, 0.15) is 23.9 Å². The van der Waals surface area contributed by atoms with Crippen LogP contribution in [-0.2, 0) is 19.3 Å². The first-order valence-corrected chi connectivity index (χ1v) is 11.2. The van der Waals surface area contributed by atoms with E-state index in [0.29, 0.717) is 18.2 Å². The highest BCUT2D eigenvalue weighted by Gasteiger charge is 2.44. The molecule has 8 nitrogen and oxygen atoms in total. The smallest absolute Gasteiger partial charge is 0.433 e. The van der Waals surface area contributed by atoms with Gasteiger partial charge in [-0.05, 0) is 37.7 Å². The van der Waals surface area contributed by atoms with Crippen molar-refractivity contribution in [3.8, 4) is 17.4 Å². The molecule has 0 aliphatic carbocycles. The lowest BCUT2D eigenvalue weighted by molar-refractivity contribution is -0.141. The van der Waals surface area contributed by atoms with E-state index in [4.69, 9.17) is 9.47 Å². The third-order valence-corrected chi connectivity index (χ3v) is 6.34. The van der Waals surface area contributed by atoms with E-state index in [0.717, 1.165) is 37.7 Å². The molecule has 36 heavy (non-hydrogen) atoms. The van der Waals surface area contributed by atoms with E-state index in [9.17, 15) is 22.4 Å². The molecule has 0 saturated carbocycles. The Morgan fingerprint density at radius 1 is 1.11 bits per heavy atom. The zero-order valence-electron chi connectivity index (χ0n) is 19.5. The molecule has 0 amide bonds. The summed E-state index contributed by atoms with van der Waals surface area (Å²) in [6, 6.07) is 7.58. The minimum Gasteiger partial charge on any atom is -0.473 e. The van der Waals surface area contributed by atoms with Gasteiger partial charge in [-0.15, -0.1) is 0 Å². The zero-order chi connectivity index (χ0) is 25.7. The van der Waals surface area contributed by atoms with Crippen LogP contribution < -0.4 is 20.1 Å². The first-order chi connectivity index (χ1) is 17.0. The quantitative estimate of drug-likeness (QED) is 0.490. The number of pyridine rings is 1. The van der Waals surface area contributed by atoms with Crippen LogP contribution in [0.5, 0.6) is 17.4 Å². The van der Waals surface area contributed by atoms with Crippen LogP contribution in [0.15, 0.2) is 47.4 Å². The van der Waals surface area contributed by atoms with Crippen molar-refractivity contribution in [1.82, 2.24) is 19.4 Å². The molecule has 0 bridgehead atoms. The van der Waals surface area contributed by atoms with Crippen LogP contribution >= 0.6 is 0 Å². The highest BCUT2D eigenvalue weighted by atomic mass is 19.4. The number of piperazine rings is 1. The third kappa shape index (κ3) is 4.60. The number of hydrogen-bond donors (Lipinski definition) is 0. The Morgan fingerprint density at radius 3 is 2.67 bits per heavy atom. The van der Waals surface area contributed by atoms with Crippen molar-refractivity contribution in [2.75, 3.05) is 31.6 Å². The lowest BCUT2D eigenvalue weighted by atomic mass is 9.98. The predicted molar refractivity (Wildman–Crippen MR) is 122 cm³/mol. The van der Waals surface area contributed by atoms with E-state index < -0.39 is 23.4 Å². The molecular formula is C24H23F4N5O3. The molecule has 1 atom stereocenters. The third-order valence-electron chi connectivity index (χ3n) is 6.34. The molecule has 0 N–H and O–H groups in total. The number of halogens is 4. The van der Waals surface area contributed by atoms with Gasteiger partial charge < -0.3 is 19.3 Å². The average molecular weight is 505 g/mol. The van der Waals surface area contributed by atoms with Gasteiger partial charge in [0.25, 0.3) is 0 Å². The largest absolute Gasteiger partial charge is 0.473 e. The van der Waals surface area contributed by atoms with Gasteiger partial charge in [-0.2, -0.15) is 18.2 Å². The summed E-state index contributed by atoms with van der Waals surface area (Å²) in [5.74, 6) is -0.352. The zero-order valence-corrected chi connectivity index (χ0v) is 19.5. The fraction of sp³-hybridized carbons (Fsp3) is 0.375. The van der Waals surface area contributed by atoms with Gasteiger partial charge >= 0.3 is 11.9 Å². The van der Waals surface area contributed by atoms with Crippen molar-refractivity contribution >= 4 is 5.82 Å². The number of benzene rings is 1. The molecule has 0 spiro atoms. The number of likely N-dealkylation sites (N-methyl/N-ethyl adjacent to an activating group) is 1. The van der Waals surface area contributed by atoms with Crippen molar-refractivity contribution in [3.05, 3.63) is 70.2 Å². The van der Waals surface area contributed by atoms with Crippen molar-refractivity contribution in [1.29, 1.82) is 0 Å². The monoisotopic (exact) mass is 505 g/mol. The molecule has 1 saturated heterocycles. The van der Waals surface area contributed by atoms with E-state index in [1.165, 1.54) is 18.2 Å². The number of ether oxygens (including phenoxy) is 2. The van der Waals surface area contributed by atoms with Crippen molar-refractivity contribution in [2.45, 2.75) is 31.8 Å². The molecule has 1 aromatic carbocycles. The summed E-state index contributed by atoms with van der Waals surface area (Å²) in [5.41, 5.74) is -1.34. The van der Waals surface area contributed by atoms with Crippen LogP contribution in [0.2, 0.25) is 0 Å². The van der Waals surface area contributed by atoms with Gasteiger partial charge in [0.15, 0.2) is 11.6 Å². The van der Waals surface area contributed by atoms with Crippen molar-refractivity contribution in [2.24, 2.45) is 0 Å². The number of aromatic nitrogens is 3. The van der Waals surface area contributed by atoms with E-state index in [-0.39, 0.29) is 29.5 Å². The molecule has 0 radical (unpaired) electrons. The number of anilines is 1. The summed E-state index contributed by atoms with van der Waals surface area (Å²) < 4.78 is 65.7. The van der Waals surface area contributed by atoms with Gasteiger partial charge in [0.2, 0.25) is 5.88 Å². The highest BCUT2D eigenvalue weighted by molar-refractivity contribution is 5.50. The minimum absolute atomic E-state index is 0.0689. The molecule has 12 heteroatoms. The SMILES string of the molecule is CN1CCN2c3cc(OCc4ccc(Oc5ccnc(C(F)(F)F)c5)c(F)c4)nc(=O)n3C[C@]2(C)C1. The second-order valence-electron chi connectivity index (χ2n) is 9.24. The van der Waals surface area contributed by atoms with E-state index in [2.05, 4.69) is 26.7 Å². The first-order valence-electron chi connectivity index (χ1n) is 11.2. The molecule has 2 aliphatic heterocycles. The molecule has 0 unspecified atom stereocenters. The van der Waals surface area contributed by atoms with Gasteiger partial charge in [0, 0.05) is 38.0 Å². The highest BCUT2D eigenvalue weighted by Crippen LogP contribution is 2.36. The Morgan fingerprint density at radius 2 is 1.92 bits per heavy atom. The summed E-state index contributed by atoms with van der Waals surface area (Å²) in [6.07, 6.45) is -3.70. The van der Waals surface area contributed by atoms with Gasteiger partial charge in [-0.3, -0.25) is 9.55 Å². The van der Waals surface area contributed by atoms with Crippen LogP contribution in [0, 0.1) is 5.82 Å². The second-order valence-corrected chi connectivity index (χ2v) is 9.24. The van der Waals surface area contributed by atoms with Crippen LogP contribution in [0.1, 0.15) is 18.2 Å². The molecular weight excluding hydrogens is 482 g/mol. The lowest BCUT2D eigenvalue weighted by Gasteiger charge is -2.44. The number of hydrogen-bond acceptors (Lipinski definition) is 7. The lowest BCUT2D eigenvalue weighted by Crippen LogP contribution is -2.58. The topological polar surface area (TPSA) is 72.7 Å². The summed E-state index contributed by atoms with van der Waals surface area (Å²) in [4.78, 5) is 24.3. The van der Waals surface area contributed by atoms with Crippen LogP contribution in [0.4, 0.5) is 23.4 Å². The molecule has 4 heterocycles. The Balaban J connectivity index is 1.29. The predicted octanol–water partition coefficient (Wildman–Crippen LogP) is 3.69. The Kier molecular flexibility index (Phi) is 5.86. The minimum atomic E-state index is -4.64. The van der Waals surface area contributed by atoms with Crippen molar-refractivity contribution in [3.63, 3.8) is 0 Å². The molecule has 3 aromatic rings. The number of fused-ring (bicyclic) bond motifs is 3. The fourth-order valence-corrected chi connectivity index (χ4v) is 4.70. The number of alkyl halides is 3. The summed E-state index contributed by atoms with van der Waals surface area (Å²) >= 11 is 0. The van der Waals surface area contributed by atoms with Crippen LogP contribution in [0.25, 0.3) is 0 Å². The van der Waals surface area contributed by atoms with Crippen LogP contribution in [-0.4, -0.2) is 51.7 Å². The van der Waals surface area contributed by atoms with Gasteiger partial charge in [-0.1, -0.05) is 6.07 Å².